The molecule has 0 saturated carbocycles. The third-order valence-corrected chi connectivity index (χ3v) is 1.97. The minimum atomic E-state index is -2.73. The number of rotatable bonds is 2. The van der Waals surface area contributed by atoms with Crippen molar-refractivity contribution >= 4 is 19.1 Å². The molecule has 0 fully saturated rings. The molecule has 0 heterocycles. The first kappa shape index (κ1) is 10.7. The van der Waals surface area contributed by atoms with Crippen molar-refractivity contribution in [1.29, 1.82) is 0 Å². The van der Waals surface area contributed by atoms with E-state index >= 15 is 0 Å². The molecule has 0 rings (SSSR count). The Bertz CT molecular complexity index is 233. The highest BCUT2D eigenvalue weighted by Gasteiger charge is 2.06. The van der Waals surface area contributed by atoms with Gasteiger partial charge in [-0.1, -0.05) is 25.6 Å². The summed E-state index contributed by atoms with van der Waals surface area (Å²) in [6, 6.07) is 0. The second-order valence-corrected chi connectivity index (χ2v) is 8.50. The van der Waals surface area contributed by atoms with E-state index in [1.807, 2.05) is 0 Å². The van der Waals surface area contributed by atoms with E-state index in [4.69, 9.17) is 0 Å². The van der Waals surface area contributed by atoms with Crippen LogP contribution in [-0.2, 0) is 15.2 Å². The molecule has 3 nitrogen and oxygen atoms in total. The molecule has 0 aliphatic rings. The topological polar surface area (TPSA) is 43.4 Å². The van der Waals surface area contributed by atoms with Gasteiger partial charge in [-0.2, -0.15) is 0 Å². The highest BCUT2D eigenvalue weighted by Crippen LogP contribution is 1.95. The van der Waals surface area contributed by atoms with Gasteiger partial charge < -0.3 is 0 Å². The van der Waals surface area contributed by atoms with E-state index in [-0.39, 0.29) is 6.61 Å². The predicted octanol–water partition coefficient (Wildman–Crippen LogP) is 0.410. The summed E-state index contributed by atoms with van der Waals surface area (Å²) in [5, 5.41) is 0. The van der Waals surface area contributed by atoms with Crippen molar-refractivity contribution in [2.75, 3.05) is 6.61 Å². The number of thiol groups is 1. The van der Waals surface area contributed by atoms with E-state index in [1.54, 1.807) is 0 Å². The molecule has 5 heteroatoms. The molecule has 0 bridgehead atoms. The average Bonchev–Trinajstić information content (AvgIpc) is 1.78. The Kier molecular flexibility index (Phi) is 4.41. The molecule has 0 saturated heterocycles. The van der Waals surface area contributed by atoms with Gasteiger partial charge in [-0.3, -0.25) is 4.18 Å². The van der Waals surface area contributed by atoms with Gasteiger partial charge in [-0.15, -0.1) is 5.54 Å². The molecule has 0 aliphatic carbocycles. The van der Waals surface area contributed by atoms with Gasteiger partial charge in [0, 0.05) is 0 Å². The largest absolute Gasteiger partial charge is 0.259 e. The lowest BCUT2D eigenvalue weighted by molar-refractivity contribution is 0.381. The van der Waals surface area contributed by atoms with Gasteiger partial charge in [-0.25, -0.2) is 8.42 Å². The van der Waals surface area contributed by atoms with Crippen molar-refractivity contribution < 1.29 is 12.6 Å². The Morgan fingerprint density at radius 2 is 1.91 bits per heavy atom. The fourth-order valence-electron chi connectivity index (χ4n) is 0.386. The van der Waals surface area contributed by atoms with Crippen LogP contribution in [0.3, 0.4) is 0 Å². The van der Waals surface area contributed by atoms with Gasteiger partial charge in [0.2, 0.25) is 0 Å². The van der Waals surface area contributed by atoms with Crippen LogP contribution in [0.15, 0.2) is 0 Å². The van der Waals surface area contributed by atoms with Crippen molar-refractivity contribution in [2.45, 2.75) is 19.6 Å². The summed E-state index contributed by atoms with van der Waals surface area (Å²) in [5.41, 5.74) is 2.97. The second kappa shape index (κ2) is 4.54. The van der Waals surface area contributed by atoms with Gasteiger partial charge in [0.1, 0.15) is 14.7 Å². The van der Waals surface area contributed by atoms with Crippen LogP contribution >= 0.6 is 0 Å². The SMILES string of the molecule is C[Si](C)(C)C#CCO[SH](=O)=O. The lowest BCUT2D eigenvalue weighted by Crippen LogP contribution is -2.16. The van der Waals surface area contributed by atoms with E-state index in [2.05, 4.69) is 35.3 Å². The first-order valence-corrected chi connectivity index (χ1v) is 7.79. The maximum absolute atomic E-state index is 9.88. The van der Waals surface area contributed by atoms with Crippen LogP contribution in [0.1, 0.15) is 0 Å². The van der Waals surface area contributed by atoms with Gasteiger partial charge in [0.15, 0.2) is 0 Å². The maximum Gasteiger partial charge on any atom is 0.258 e. The van der Waals surface area contributed by atoms with Crippen LogP contribution in [0.4, 0.5) is 0 Å². The molecule has 0 aromatic carbocycles. The molecule has 0 aliphatic heterocycles. The highest BCUT2D eigenvalue weighted by molar-refractivity contribution is 7.67. The first-order chi connectivity index (χ1) is 4.92. The number of hydrogen-bond donors (Lipinski definition) is 1. The Labute approximate surface area is 69.9 Å². The van der Waals surface area contributed by atoms with Crippen molar-refractivity contribution in [1.82, 2.24) is 0 Å². The fourth-order valence-corrected chi connectivity index (χ4v) is 1.16. The Hall–Kier alpha value is -0.313. The molecular formula is C6H12O3SSi. The molecule has 0 aromatic rings. The van der Waals surface area contributed by atoms with Crippen molar-refractivity contribution in [3.63, 3.8) is 0 Å². The van der Waals surface area contributed by atoms with Gasteiger partial charge in [0.05, 0.1) is 0 Å². The summed E-state index contributed by atoms with van der Waals surface area (Å²) in [5.74, 6) is 2.66. The summed E-state index contributed by atoms with van der Waals surface area (Å²) in [7, 11) is -4.10. The molecule has 0 atom stereocenters. The van der Waals surface area contributed by atoms with E-state index in [0.717, 1.165) is 0 Å². The molecule has 0 aromatic heterocycles. The molecule has 0 amide bonds. The molecule has 0 unspecified atom stereocenters. The van der Waals surface area contributed by atoms with Crippen LogP contribution < -0.4 is 0 Å². The Morgan fingerprint density at radius 3 is 2.27 bits per heavy atom. The zero-order chi connectivity index (χ0) is 8.91. The van der Waals surface area contributed by atoms with Gasteiger partial charge in [-0.05, 0) is 0 Å². The number of hydrogen-bond acceptors (Lipinski definition) is 3. The Balaban J connectivity index is 3.74. The smallest absolute Gasteiger partial charge is 0.258 e. The van der Waals surface area contributed by atoms with Crippen LogP contribution in [0, 0.1) is 11.5 Å². The van der Waals surface area contributed by atoms with Crippen LogP contribution in [-0.4, -0.2) is 23.1 Å². The van der Waals surface area contributed by atoms with Crippen LogP contribution in [0.2, 0.25) is 19.6 Å². The summed E-state index contributed by atoms with van der Waals surface area (Å²) >= 11 is 0. The zero-order valence-corrected chi connectivity index (χ0v) is 8.77. The van der Waals surface area contributed by atoms with E-state index in [0.29, 0.717) is 0 Å². The lowest BCUT2D eigenvalue weighted by atomic mass is 10.8. The molecule has 11 heavy (non-hydrogen) atoms. The third kappa shape index (κ3) is 9.69. The minimum Gasteiger partial charge on any atom is -0.259 e. The normalized spacial score (nSPS) is 10.9. The zero-order valence-electron chi connectivity index (χ0n) is 6.88. The molecular weight excluding hydrogens is 180 g/mol. The fraction of sp³-hybridized carbons (Fsp3) is 0.667. The Morgan fingerprint density at radius 1 is 1.36 bits per heavy atom. The molecule has 64 valence electrons. The van der Waals surface area contributed by atoms with Crippen LogP contribution in [0.25, 0.3) is 0 Å². The third-order valence-electron chi connectivity index (χ3n) is 0.706. The van der Waals surface area contributed by atoms with Crippen molar-refractivity contribution in [2.24, 2.45) is 0 Å². The maximum atomic E-state index is 9.88. The average molecular weight is 192 g/mol. The predicted molar refractivity (Wildman–Crippen MR) is 47.4 cm³/mol. The highest BCUT2D eigenvalue weighted by atomic mass is 32.2. The van der Waals surface area contributed by atoms with E-state index in [9.17, 15) is 8.42 Å². The summed E-state index contributed by atoms with van der Waals surface area (Å²) in [6.07, 6.45) is 0. The monoisotopic (exact) mass is 192 g/mol. The van der Waals surface area contributed by atoms with Gasteiger partial charge >= 0.3 is 0 Å². The molecule has 0 N–H and O–H groups in total. The summed E-state index contributed by atoms with van der Waals surface area (Å²) < 4.78 is 24.0. The van der Waals surface area contributed by atoms with Gasteiger partial charge in [0.25, 0.3) is 11.0 Å². The van der Waals surface area contributed by atoms with E-state index < -0.39 is 19.1 Å². The summed E-state index contributed by atoms with van der Waals surface area (Å²) in [4.78, 5) is 0. The van der Waals surface area contributed by atoms with E-state index in [1.165, 1.54) is 0 Å². The first-order valence-electron chi connectivity index (χ1n) is 3.19. The minimum absolute atomic E-state index is 0.0109. The van der Waals surface area contributed by atoms with Crippen LogP contribution in [0.5, 0.6) is 0 Å². The summed E-state index contributed by atoms with van der Waals surface area (Å²) in [6.45, 7) is 6.23. The second-order valence-electron chi connectivity index (χ2n) is 3.05. The van der Waals surface area contributed by atoms with Crippen molar-refractivity contribution in [3.8, 4) is 11.5 Å². The standard InChI is InChI=1S/C6H12O3SSi/c1-11(2,3)6-4-5-9-10(7)8/h10H,5H2,1-3H3. The van der Waals surface area contributed by atoms with Crippen molar-refractivity contribution in [3.05, 3.63) is 0 Å². The molecule has 0 radical (unpaired) electrons. The lowest BCUT2D eigenvalue weighted by Gasteiger charge is -2.02. The molecule has 0 spiro atoms. The quantitative estimate of drug-likeness (QED) is 0.391.